The average molecular weight is 304 g/mol. The fourth-order valence-electron chi connectivity index (χ4n) is 2.23. The van der Waals surface area contributed by atoms with Crippen molar-refractivity contribution in [2.75, 3.05) is 12.4 Å². The van der Waals surface area contributed by atoms with Crippen LogP contribution in [0.3, 0.4) is 0 Å². The Morgan fingerprint density at radius 3 is 3.10 bits per heavy atom. The minimum atomic E-state index is -0.328. The second-order valence-corrected chi connectivity index (χ2v) is 6.15. The molecule has 0 aliphatic carbocycles. The highest BCUT2D eigenvalue weighted by molar-refractivity contribution is 8.13. The minimum Gasteiger partial charge on any atom is -0.463 e. The second-order valence-electron chi connectivity index (χ2n) is 5.03. The van der Waals surface area contributed by atoms with Gasteiger partial charge in [-0.15, -0.1) is 0 Å². The highest BCUT2D eigenvalue weighted by Crippen LogP contribution is 2.35. The summed E-state index contributed by atoms with van der Waals surface area (Å²) in [5.41, 5.74) is 7.63. The topological polar surface area (TPSA) is 64.7 Å². The van der Waals surface area contributed by atoms with Crippen LogP contribution in [0.4, 0.5) is 0 Å². The van der Waals surface area contributed by atoms with E-state index in [1.807, 2.05) is 18.2 Å². The first kappa shape index (κ1) is 15.6. The number of esters is 1. The van der Waals surface area contributed by atoms with Crippen molar-refractivity contribution in [2.45, 2.75) is 25.8 Å². The Kier molecular flexibility index (Phi) is 5.07. The standard InChI is InChI=1S/C16H20N2O2S/c1-3-20-14(19)8-7-12-5-4-6-13(11-12)16(2)9-10-21-15(17)18-16/h4-8,11H,3,9-10H2,1-2H3,(H2,17,18)/b8-7+. The lowest BCUT2D eigenvalue weighted by Crippen LogP contribution is -2.28. The van der Waals surface area contributed by atoms with E-state index < -0.39 is 0 Å². The molecule has 112 valence electrons. The summed E-state index contributed by atoms with van der Waals surface area (Å²) in [6, 6.07) is 8.02. The molecule has 0 fully saturated rings. The fourth-order valence-corrected chi connectivity index (χ4v) is 3.20. The predicted molar refractivity (Wildman–Crippen MR) is 88.2 cm³/mol. The molecule has 0 aromatic heterocycles. The first-order valence-electron chi connectivity index (χ1n) is 6.97. The van der Waals surface area contributed by atoms with Gasteiger partial charge in [-0.1, -0.05) is 30.0 Å². The van der Waals surface area contributed by atoms with Crippen LogP contribution in [0.15, 0.2) is 35.3 Å². The van der Waals surface area contributed by atoms with E-state index in [1.54, 1.807) is 24.8 Å². The number of benzene rings is 1. The molecule has 1 aromatic carbocycles. The third kappa shape index (κ3) is 4.11. The zero-order valence-corrected chi connectivity index (χ0v) is 13.2. The number of rotatable bonds is 4. The van der Waals surface area contributed by atoms with Crippen molar-refractivity contribution >= 4 is 29.0 Å². The molecule has 0 radical (unpaired) electrons. The molecular formula is C16H20N2O2S. The number of carbonyl (C=O) groups excluding carboxylic acids is 1. The Balaban J connectivity index is 2.22. The first-order chi connectivity index (χ1) is 10.0. The third-order valence-electron chi connectivity index (χ3n) is 3.40. The molecule has 2 N–H and O–H groups in total. The van der Waals surface area contributed by atoms with Crippen molar-refractivity contribution in [3.05, 3.63) is 41.5 Å². The van der Waals surface area contributed by atoms with Crippen LogP contribution in [-0.2, 0) is 15.1 Å². The zero-order chi connectivity index (χ0) is 15.3. The highest BCUT2D eigenvalue weighted by atomic mass is 32.2. The molecule has 1 aliphatic heterocycles. The fraction of sp³-hybridized carbons (Fsp3) is 0.375. The summed E-state index contributed by atoms with van der Waals surface area (Å²) >= 11 is 1.59. The molecule has 1 atom stereocenters. The maximum atomic E-state index is 11.4. The molecule has 1 aliphatic rings. The van der Waals surface area contributed by atoms with Crippen molar-refractivity contribution in [3.63, 3.8) is 0 Å². The van der Waals surface area contributed by atoms with Gasteiger partial charge in [0.2, 0.25) is 0 Å². The largest absolute Gasteiger partial charge is 0.463 e. The normalized spacial score (nSPS) is 22.1. The van der Waals surface area contributed by atoms with Gasteiger partial charge in [0.05, 0.1) is 12.1 Å². The van der Waals surface area contributed by atoms with E-state index in [4.69, 9.17) is 10.5 Å². The van der Waals surface area contributed by atoms with Gasteiger partial charge in [0, 0.05) is 11.8 Å². The second kappa shape index (κ2) is 6.80. The van der Waals surface area contributed by atoms with Gasteiger partial charge in [-0.3, -0.25) is 4.99 Å². The van der Waals surface area contributed by atoms with Gasteiger partial charge in [0.1, 0.15) is 0 Å². The predicted octanol–water partition coefficient (Wildman–Crippen LogP) is 2.93. The smallest absolute Gasteiger partial charge is 0.330 e. The van der Waals surface area contributed by atoms with E-state index >= 15 is 0 Å². The van der Waals surface area contributed by atoms with Crippen molar-refractivity contribution in [2.24, 2.45) is 10.7 Å². The lowest BCUT2D eigenvalue weighted by Gasteiger charge is -2.29. The number of ether oxygens (including phenoxy) is 1. The van der Waals surface area contributed by atoms with E-state index in [1.165, 1.54) is 6.08 Å². The lowest BCUT2D eigenvalue weighted by atomic mass is 9.89. The first-order valence-corrected chi connectivity index (χ1v) is 7.95. The van der Waals surface area contributed by atoms with Gasteiger partial charge < -0.3 is 10.5 Å². The molecular weight excluding hydrogens is 284 g/mol. The average Bonchev–Trinajstić information content (AvgIpc) is 2.46. The number of aliphatic imine (C=N–C) groups is 1. The molecule has 0 saturated carbocycles. The van der Waals surface area contributed by atoms with Crippen molar-refractivity contribution < 1.29 is 9.53 Å². The van der Waals surface area contributed by atoms with E-state index in [-0.39, 0.29) is 11.5 Å². The third-order valence-corrected chi connectivity index (χ3v) is 4.20. The number of hydrogen-bond acceptors (Lipinski definition) is 5. The lowest BCUT2D eigenvalue weighted by molar-refractivity contribution is -0.137. The van der Waals surface area contributed by atoms with E-state index in [0.29, 0.717) is 11.8 Å². The van der Waals surface area contributed by atoms with Crippen LogP contribution in [0.25, 0.3) is 6.08 Å². The summed E-state index contributed by atoms with van der Waals surface area (Å²) < 4.78 is 4.88. The number of carbonyl (C=O) groups is 1. The summed E-state index contributed by atoms with van der Waals surface area (Å²) in [6.45, 7) is 4.26. The number of thioether (sulfide) groups is 1. The molecule has 0 bridgehead atoms. The van der Waals surface area contributed by atoms with Crippen LogP contribution < -0.4 is 5.73 Å². The van der Waals surface area contributed by atoms with Crippen LogP contribution >= 0.6 is 11.8 Å². The Labute approximate surface area is 129 Å². The van der Waals surface area contributed by atoms with E-state index in [9.17, 15) is 4.79 Å². The number of hydrogen-bond donors (Lipinski definition) is 1. The van der Waals surface area contributed by atoms with E-state index in [2.05, 4.69) is 18.0 Å². The highest BCUT2D eigenvalue weighted by Gasteiger charge is 2.29. The van der Waals surface area contributed by atoms with Crippen LogP contribution in [-0.4, -0.2) is 23.5 Å². The maximum absolute atomic E-state index is 11.4. The van der Waals surface area contributed by atoms with Crippen LogP contribution in [0.2, 0.25) is 0 Å². The summed E-state index contributed by atoms with van der Waals surface area (Å²) in [5, 5.41) is 0.635. The Hall–Kier alpha value is -1.75. The monoisotopic (exact) mass is 304 g/mol. The van der Waals surface area contributed by atoms with Crippen LogP contribution in [0, 0.1) is 0 Å². The number of nitrogens with zero attached hydrogens (tertiary/aromatic N) is 1. The Morgan fingerprint density at radius 2 is 2.38 bits per heavy atom. The zero-order valence-electron chi connectivity index (χ0n) is 12.3. The minimum absolute atomic E-state index is 0.289. The van der Waals surface area contributed by atoms with Crippen LogP contribution in [0.5, 0.6) is 0 Å². The summed E-state index contributed by atoms with van der Waals surface area (Å²) in [7, 11) is 0. The van der Waals surface area contributed by atoms with Gasteiger partial charge in [0.15, 0.2) is 5.17 Å². The molecule has 1 heterocycles. The maximum Gasteiger partial charge on any atom is 0.330 e. The van der Waals surface area contributed by atoms with Crippen LogP contribution in [0.1, 0.15) is 31.4 Å². The quantitative estimate of drug-likeness (QED) is 0.686. The van der Waals surface area contributed by atoms with Gasteiger partial charge in [-0.2, -0.15) is 0 Å². The van der Waals surface area contributed by atoms with Crippen molar-refractivity contribution in [1.82, 2.24) is 0 Å². The summed E-state index contributed by atoms with van der Waals surface area (Å²) in [5.74, 6) is 0.639. The van der Waals surface area contributed by atoms with Crippen molar-refractivity contribution in [1.29, 1.82) is 0 Å². The SMILES string of the molecule is CCOC(=O)/C=C/c1cccc(C2(C)CCSC(N)=N2)c1. The molecule has 21 heavy (non-hydrogen) atoms. The number of nitrogens with two attached hydrogens (primary N) is 1. The molecule has 1 aromatic rings. The Morgan fingerprint density at radius 1 is 1.57 bits per heavy atom. The molecule has 4 nitrogen and oxygen atoms in total. The molecule has 5 heteroatoms. The molecule has 0 saturated heterocycles. The molecule has 2 rings (SSSR count). The van der Waals surface area contributed by atoms with Gasteiger partial charge in [-0.25, -0.2) is 4.79 Å². The van der Waals surface area contributed by atoms with Gasteiger partial charge in [0.25, 0.3) is 0 Å². The summed E-state index contributed by atoms with van der Waals surface area (Å²) in [4.78, 5) is 16.0. The van der Waals surface area contributed by atoms with Gasteiger partial charge >= 0.3 is 5.97 Å². The summed E-state index contributed by atoms with van der Waals surface area (Å²) in [6.07, 6.45) is 4.15. The molecule has 0 spiro atoms. The van der Waals surface area contributed by atoms with Crippen molar-refractivity contribution in [3.8, 4) is 0 Å². The van der Waals surface area contributed by atoms with E-state index in [0.717, 1.165) is 23.3 Å². The molecule has 0 amide bonds. The molecule has 1 unspecified atom stereocenters. The Bertz CT molecular complexity index is 583. The number of amidine groups is 1. The van der Waals surface area contributed by atoms with Gasteiger partial charge in [-0.05, 0) is 43.5 Å².